The van der Waals surface area contributed by atoms with Crippen LogP contribution in [0.1, 0.15) is 52.9 Å². The first-order valence-corrected chi connectivity index (χ1v) is 7.58. The fraction of sp³-hybridized carbons (Fsp3) is 1.00. The van der Waals surface area contributed by atoms with Crippen LogP contribution in [0.15, 0.2) is 0 Å². The van der Waals surface area contributed by atoms with E-state index in [1.165, 1.54) is 0 Å². The van der Waals surface area contributed by atoms with Gasteiger partial charge in [0.15, 0.2) is 9.84 Å². The van der Waals surface area contributed by atoms with Gasteiger partial charge in [-0.1, -0.05) is 19.8 Å². The van der Waals surface area contributed by atoms with Crippen molar-refractivity contribution < 1.29 is 8.42 Å². The molecule has 4 heteroatoms. The van der Waals surface area contributed by atoms with Crippen LogP contribution in [0.3, 0.4) is 0 Å². The Morgan fingerprint density at radius 3 is 2.20 bits per heavy atom. The van der Waals surface area contributed by atoms with E-state index in [4.69, 9.17) is 5.73 Å². The molecule has 0 saturated carbocycles. The first kappa shape index (κ1) is 14.9. The molecule has 0 aliphatic rings. The number of sulfone groups is 1. The van der Waals surface area contributed by atoms with E-state index >= 15 is 0 Å². The summed E-state index contributed by atoms with van der Waals surface area (Å²) in [7, 11) is -2.85. The molecular formula is C11H25NO2S. The van der Waals surface area contributed by atoms with Gasteiger partial charge in [0.05, 0.1) is 11.0 Å². The van der Waals surface area contributed by atoms with E-state index in [1.54, 1.807) is 13.8 Å². The Hall–Kier alpha value is -0.0900. The molecule has 0 fully saturated rings. The molecule has 0 saturated heterocycles. The van der Waals surface area contributed by atoms with Crippen molar-refractivity contribution in [1.29, 1.82) is 0 Å². The van der Waals surface area contributed by atoms with Gasteiger partial charge in [0.1, 0.15) is 0 Å². The van der Waals surface area contributed by atoms with Crippen molar-refractivity contribution in [2.45, 2.75) is 64.2 Å². The lowest BCUT2D eigenvalue weighted by Gasteiger charge is -2.10. The van der Waals surface area contributed by atoms with Crippen LogP contribution in [0.5, 0.6) is 0 Å². The summed E-state index contributed by atoms with van der Waals surface area (Å²) in [5.74, 6) is 0.309. The molecule has 0 aromatic heterocycles. The topological polar surface area (TPSA) is 60.2 Å². The van der Waals surface area contributed by atoms with Gasteiger partial charge in [-0.3, -0.25) is 0 Å². The normalized spacial score (nSPS) is 14.5. The van der Waals surface area contributed by atoms with Crippen LogP contribution in [-0.4, -0.2) is 25.5 Å². The van der Waals surface area contributed by atoms with E-state index in [2.05, 4.69) is 6.92 Å². The molecule has 0 aromatic carbocycles. The van der Waals surface area contributed by atoms with Crippen molar-refractivity contribution >= 4 is 9.84 Å². The molecule has 1 atom stereocenters. The average molecular weight is 235 g/mol. The predicted molar refractivity (Wildman–Crippen MR) is 65.7 cm³/mol. The van der Waals surface area contributed by atoms with Crippen molar-refractivity contribution in [3.05, 3.63) is 0 Å². The standard InChI is InChI=1S/C11H25NO2S/c1-4-7-11(12)8-5-6-9-15(13,14)10(2)3/h10-11H,4-9,12H2,1-3H3. The molecule has 0 bridgehead atoms. The maximum Gasteiger partial charge on any atom is 0.152 e. The lowest BCUT2D eigenvalue weighted by Crippen LogP contribution is -2.21. The third-order valence-corrected chi connectivity index (χ3v) is 4.93. The SMILES string of the molecule is CCCC(N)CCCCS(=O)(=O)C(C)C. The Morgan fingerprint density at radius 1 is 1.13 bits per heavy atom. The number of hydrogen-bond acceptors (Lipinski definition) is 3. The zero-order chi connectivity index (χ0) is 11.9. The van der Waals surface area contributed by atoms with Gasteiger partial charge in [-0.25, -0.2) is 8.42 Å². The third kappa shape index (κ3) is 6.90. The van der Waals surface area contributed by atoms with Crippen molar-refractivity contribution in [2.24, 2.45) is 5.73 Å². The van der Waals surface area contributed by atoms with Gasteiger partial charge in [-0.15, -0.1) is 0 Å². The van der Waals surface area contributed by atoms with E-state index in [-0.39, 0.29) is 11.3 Å². The monoisotopic (exact) mass is 235 g/mol. The Morgan fingerprint density at radius 2 is 1.73 bits per heavy atom. The van der Waals surface area contributed by atoms with Gasteiger partial charge >= 0.3 is 0 Å². The Bertz CT molecular complexity index is 247. The first-order valence-electron chi connectivity index (χ1n) is 5.87. The lowest BCUT2D eigenvalue weighted by atomic mass is 10.1. The molecule has 15 heavy (non-hydrogen) atoms. The fourth-order valence-electron chi connectivity index (χ4n) is 1.46. The highest BCUT2D eigenvalue weighted by Gasteiger charge is 2.15. The molecule has 0 spiro atoms. The van der Waals surface area contributed by atoms with E-state index in [9.17, 15) is 8.42 Å². The highest BCUT2D eigenvalue weighted by Crippen LogP contribution is 2.08. The van der Waals surface area contributed by atoms with Gasteiger partial charge in [-0.2, -0.15) is 0 Å². The largest absolute Gasteiger partial charge is 0.328 e. The molecule has 0 rings (SSSR count). The zero-order valence-corrected chi connectivity index (χ0v) is 11.0. The highest BCUT2D eigenvalue weighted by molar-refractivity contribution is 7.91. The summed E-state index contributed by atoms with van der Waals surface area (Å²) in [6, 6.07) is 0.247. The number of unbranched alkanes of at least 4 members (excludes halogenated alkanes) is 1. The molecule has 92 valence electrons. The summed E-state index contributed by atoms with van der Waals surface area (Å²) >= 11 is 0. The number of nitrogens with two attached hydrogens (primary N) is 1. The Kier molecular flexibility index (Phi) is 7.18. The van der Waals surface area contributed by atoms with Gasteiger partial charge in [0.2, 0.25) is 0 Å². The number of hydrogen-bond donors (Lipinski definition) is 1. The van der Waals surface area contributed by atoms with Crippen LogP contribution in [-0.2, 0) is 9.84 Å². The van der Waals surface area contributed by atoms with E-state index in [1.807, 2.05) is 0 Å². The molecule has 0 aliphatic heterocycles. The summed E-state index contributed by atoms with van der Waals surface area (Å²) in [6.45, 7) is 5.58. The molecule has 0 heterocycles. The summed E-state index contributed by atoms with van der Waals surface area (Å²) < 4.78 is 22.9. The fourth-order valence-corrected chi connectivity index (χ4v) is 2.54. The second-order valence-electron chi connectivity index (χ2n) is 4.46. The van der Waals surface area contributed by atoms with Gasteiger partial charge in [-0.05, 0) is 33.1 Å². The minimum Gasteiger partial charge on any atom is -0.328 e. The summed E-state index contributed by atoms with van der Waals surface area (Å²) in [5, 5.41) is -0.248. The molecule has 1 unspecified atom stereocenters. The van der Waals surface area contributed by atoms with Crippen molar-refractivity contribution in [3.63, 3.8) is 0 Å². The van der Waals surface area contributed by atoms with Gasteiger partial charge < -0.3 is 5.73 Å². The van der Waals surface area contributed by atoms with Gasteiger partial charge in [0.25, 0.3) is 0 Å². The van der Waals surface area contributed by atoms with Crippen LogP contribution in [0, 0.1) is 0 Å². The van der Waals surface area contributed by atoms with Crippen LogP contribution < -0.4 is 5.73 Å². The zero-order valence-electron chi connectivity index (χ0n) is 10.2. The second-order valence-corrected chi connectivity index (χ2v) is 7.14. The van der Waals surface area contributed by atoms with Crippen molar-refractivity contribution in [3.8, 4) is 0 Å². The third-order valence-electron chi connectivity index (χ3n) is 2.63. The van der Waals surface area contributed by atoms with E-state index in [0.717, 1.165) is 32.1 Å². The average Bonchev–Trinajstić information content (AvgIpc) is 2.13. The van der Waals surface area contributed by atoms with Crippen LogP contribution in [0.2, 0.25) is 0 Å². The molecule has 2 N–H and O–H groups in total. The molecular weight excluding hydrogens is 210 g/mol. The Balaban J connectivity index is 3.63. The van der Waals surface area contributed by atoms with E-state index < -0.39 is 9.84 Å². The first-order chi connectivity index (χ1) is 6.90. The molecule has 0 amide bonds. The van der Waals surface area contributed by atoms with Crippen molar-refractivity contribution in [1.82, 2.24) is 0 Å². The second kappa shape index (κ2) is 7.23. The maximum atomic E-state index is 11.5. The smallest absolute Gasteiger partial charge is 0.152 e. The molecule has 0 aliphatic carbocycles. The molecule has 0 aromatic rings. The Labute approximate surface area is 94.4 Å². The minimum absolute atomic E-state index is 0.247. The van der Waals surface area contributed by atoms with Crippen LogP contribution in [0.25, 0.3) is 0 Å². The van der Waals surface area contributed by atoms with Crippen molar-refractivity contribution in [2.75, 3.05) is 5.75 Å². The highest BCUT2D eigenvalue weighted by atomic mass is 32.2. The maximum absolute atomic E-state index is 11.5. The van der Waals surface area contributed by atoms with Crippen LogP contribution >= 0.6 is 0 Å². The molecule has 3 nitrogen and oxygen atoms in total. The summed E-state index contributed by atoms with van der Waals surface area (Å²) in [5.41, 5.74) is 5.84. The summed E-state index contributed by atoms with van der Waals surface area (Å²) in [4.78, 5) is 0. The molecule has 0 radical (unpaired) electrons. The number of rotatable bonds is 8. The quantitative estimate of drug-likeness (QED) is 0.655. The van der Waals surface area contributed by atoms with Gasteiger partial charge in [0, 0.05) is 6.04 Å². The summed E-state index contributed by atoms with van der Waals surface area (Å²) in [6.07, 6.45) is 4.76. The predicted octanol–water partition coefficient (Wildman–Crippen LogP) is 2.11. The lowest BCUT2D eigenvalue weighted by molar-refractivity contribution is 0.530. The van der Waals surface area contributed by atoms with Crippen LogP contribution in [0.4, 0.5) is 0 Å². The minimum atomic E-state index is -2.85. The van der Waals surface area contributed by atoms with E-state index in [0.29, 0.717) is 5.75 Å².